The molecule has 4 N–H and O–H groups in total. The summed E-state index contributed by atoms with van der Waals surface area (Å²) in [4.78, 5) is 50.6. The van der Waals surface area contributed by atoms with Crippen LogP contribution in [-0.2, 0) is 28.7 Å². The number of hydrogen-bond acceptors (Lipinski definition) is 7. The molecular formula is C25H47N3O6. The van der Waals surface area contributed by atoms with Gasteiger partial charge in [-0.3, -0.25) is 14.4 Å². The molecule has 0 aromatic heterocycles. The first kappa shape index (κ1) is 32.0. The Kier molecular flexibility index (Phi) is 14.9. The van der Waals surface area contributed by atoms with Crippen molar-refractivity contribution in [1.29, 1.82) is 0 Å². The van der Waals surface area contributed by atoms with Crippen LogP contribution in [0.3, 0.4) is 0 Å². The number of carbonyl (C=O) groups is 4. The lowest BCUT2D eigenvalue weighted by molar-refractivity contribution is -0.146. The van der Waals surface area contributed by atoms with E-state index < -0.39 is 53.5 Å². The van der Waals surface area contributed by atoms with Crippen molar-refractivity contribution in [1.82, 2.24) is 10.6 Å². The van der Waals surface area contributed by atoms with Gasteiger partial charge in [-0.05, 0) is 40.5 Å². The zero-order valence-corrected chi connectivity index (χ0v) is 22.4. The van der Waals surface area contributed by atoms with Gasteiger partial charge < -0.3 is 25.8 Å². The second-order valence-electron chi connectivity index (χ2n) is 9.97. The van der Waals surface area contributed by atoms with Gasteiger partial charge in [0.05, 0.1) is 24.9 Å². The lowest BCUT2D eigenvalue weighted by Gasteiger charge is -2.31. The third-order valence-corrected chi connectivity index (χ3v) is 5.44. The van der Waals surface area contributed by atoms with E-state index in [1.54, 1.807) is 13.8 Å². The van der Waals surface area contributed by atoms with Gasteiger partial charge in [0.25, 0.3) is 0 Å². The zero-order chi connectivity index (χ0) is 26.5. The Labute approximate surface area is 205 Å². The fourth-order valence-electron chi connectivity index (χ4n) is 3.61. The van der Waals surface area contributed by atoms with Crippen molar-refractivity contribution in [3.63, 3.8) is 0 Å². The molecule has 0 spiro atoms. The minimum Gasteiger partial charge on any atom is -0.467 e. The van der Waals surface area contributed by atoms with E-state index in [2.05, 4.69) is 10.6 Å². The van der Waals surface area contributed by atoms with Gasteiger partial charge in [-0.2, -0.15) is 0 Å². The van der Waals surface area contributed by atoms with Crippen molar-refractivity contribution in [2.45, 2.75) is 123 Å². The van der Waals surface area contributed by atoms with Crippen LogP contribution in [0.5, 0.6) is 0 Å². The molecule has 0 saturated heterocycles. The SMILES string of the molecule is CCCCC[C@H](NC(=O)[C@H](C)CC(=O)[C@@H](NC(=O)[C@@H](N)CCC)[C@@H](C)OC(C)(C)C)C(=O)OC. The van der Waals surface area contributed by atoms with Crippen LogP contribution in [0, 0.1) is 5.92 Å². The minimum atomic E-state index is -0.953. The standard InChI is InChI=1S/C25H47N3O6/c1-9-11-12-14-19(24(32)33-8)27-22(30)16(3)15-20(29)21(17(4)34-25(5,6)7)28-23(31)18(26)13-10-2/h16-19,21H,9-15,26H2,1-8H3,(H,27,30)(H,28,31)/t16-,17-,18+,19+,21+/m1/s1. The minimum absolute atomic E-state index is 0.125. The summed E-state index contributed by atoms with van der Waals surface area (Å²) in [6.07, 6.45) is 3.64. The number of ketones is 1. The number of unbranched alkanes of at least 4 members (excludes halogenated alkanes) is 2. The van der Waals surface area contributed by atoms with Crippen molar-refractivity contribution in [2.75, 3.05) is 7.11 Å². The predicted molar refractivity (Wildman–Crippen MR) is 132 cm³/mol. The first-order chi connectivity index (χ1) is 15.8. The van der Waals surface area contributed by atoms with Gasteiger partial charge >= 0.3 is 5.97 Å². The Bertz CT molecular complexity index is 662. The fraction of sp³-hybridized carbons (Fsp3) is 0.840. The molecule has 198 valence electrons. The average molecular weight is 486 g/mol. The van der Waals surface area contributed by atoms with Crippen molar-refractivity contribution in [3.8, 4) is 0 Å². The van der Waals surface area contributed by atoms with Gasteiger partial charge in [-0.25, -0.2) is 4.79 Å². The molecule has 0 rings (SSSR count). The maximum atomic E-state index is 13.2. The summed E-state index contributed by atoms with van der Waals surface area (Å²) in [5.74, 6) is -2.40. The summed E-state index contributed by atoms with van der Waals surface area (Å²) >= 11 is 0. The summed E-state index contributed by atoms with van der Waals surface area (Å²) in [6.45, 7) is 12.9. The highest BCUT2D eigenvalue weighted by molar-refractivity contribution is 5.94. The van der Waals surface area contributed by atoms with Crippen molar-refractivity contribution >= 4 is 23.6 Å². The van der Waals surface area contributed by atoms with E-state index in [0.29, 0.717) is 12.8 Å². The predicted octanol–water partition coefficient (Wildman–Crippen LogP) is 2.64. The number of amides is 2. The van der Waals surface area contributed by atoms with Gasteiger partial charge in [-0.15, -0.1) is 0 Å². The van der Waals surface area contributed by atoms with E-state index in [-0.39, 0.29) is 12.2 Å². The van der Waals surface area contributed by atoms with Crippen LogP contribution in [0.2, 0.25) is 0 Å². The first-order valence-electron chi connectivity index (χ1n) is 12.4. The second-order valence-corrected chi connectivity index (χ2v) is 9.97. The number of carbonyl (C=O) groups excluding carboxylic acids is 4. The van der Waals surface area contributed by atoms with E-state index >= 15 is 0 Å². The summed E-state index contributed by atoms with van der Waals surface area (Å²) in [7, 11) is 1.28. The monoisotopic (exact) mass is 485 g/mol. The molecule has 34 heavy (non-hydrogen) atoms. The van der Waals surface area contributed by atoms with Crippen molar-refractivity contribution in [2.24, 2.45) is 11.7 Å². The Hall–Kier alpha value is -2.00. The molecular weight excluding hydrogens is 438 g/mol. The summed E-state index contributed by atoms with van der Waals surface area (Å²) in [6, 6.07) is -2.44. The van der Waals surface area contributed by atoms with Crippen LogP contribution in [0.15, 0.2) is 0 Å². The Morgan fingerprint density at radius 3 is 2.03 bits per heavy atom. The largest absolute Gasteiger partial charge is 0.467 e. The highest BCUT2D eigenvalue weighted by atomic mass is 16.5. The smallest absolute Gasteiger partial charge is 0.328 e. The van der Waals surface area contributed by atoms with E-state index in [9.17, 15) is 19.2 Å². The molecule has 0 unspecified atom stereocenters. The Morgan fingerprint density at radius 2 is 1.53 bits per heavy atom. The summed E-state index contributed by atoms with van der Waals surface area (Å²) < 4.78 is 10.7. The molecule has 0 radical (unpaired) electrons. The number of nitrogens with one attached hydrogen (secondary N) is 2. The summed E-state index contributed by atoms with van der Waals surface area (Å²) in [5, 5.41) is 5.44. The molecule has 0 aliphatic heterocycles. The maximum Gasteiger partial charge on any atom is 0.328 e. The molecule has 0 aromatic carbocycles. The number of nitrogens with two attached hydrogens (primary N) is 1. The van der Waals surface area contributed by atoms with Gasteiger partial charge in [0.1, 0.15) is 12.1 Å². The molecule has 0 saturated carbocycles. The lowest BCUT2D eigenvalue weighted by Crippen LogP contribution is -2.55. The molecule has 0 aliphatic rings. The molecule has 0 aliphatic carbocycles. The average Bonchev–Trinajstić information content (AvgIpc) is 2.74. The maximum absolute atomic E-state index is 13.2. The number of ether oxygens (including phenoxy) is 2. The molecule has 0 aromatic rings. The van der Waals surface area contributed by atoms with Crippen LogP contribution < -0.4 is 16.4 Å². The van der Waals surface area contributed by atoms with Gasteiger partial charge in [0.15, 0.2) is 5.78 Å². The highest BCUT2D eigenvalue weighted by Crippen LogP contribution is 2.17. The number of hydrogen-bond donors (Lipinski definition) is 3. The van der Waals surface area contributed by atoms with E-state index in [1.807, 2.05) is 34.6 Å². The van der Waals surface area contributed by atoms with E-state index in [0.717, 1.165) is 25.7 Å². The Morgan fingerprint density at radius 1 is 0.912 bits per heavy atom. The van der Waals surface area contributed by atoms with E-state index in [1.165, 1.54) is 7.11 Å². The summed E-state index contributed by atoms with van der Waals surface area (Å²) in [5.41, 5.74) is 5.39. The van der Waals surface area contributed by atoms with Crippen LogP contribution in [0.1, 0.15) is 93.4 Å². The quantitative estimate of drug-likeness (QED) is 0.226. The second kappa shape index (κ2) is 15.8. The van der Waals surface area contributed by atoms with E-state index in [4.69, 9.17) is 15.2 Å². The van der Waals surface area contributed by atoms with Gasteiger partial charge in [0, 0.05) is 12.3 Å². The topological polar surface area (TPSA) is 137 Å². The third-order valence-electron chi connectivity index (χ3n) is 5.44. The third kappa shape index (κ3) is 12.5. The molecule has 9 heteroatoms. The fourth-order valence-corrected chi connectivity index (χ4v) is 3.61. The first-order valence-corrected chi connectivity index (χ1v) is 12.4. The van der Waals surface area contributed by atoms with Crippen LogP contribution >= 0.6 is 0 Å². The Balaban J connectivity index is 5.37. The van der Waals surface area contributed by atoms with Gasteiger partial charge in [0.2, 0.25) is 11.8 Å². The molecule has 2 amide bonds. The van der Waals surface area contributed by atoms with Crippen LogP contribution in [-0.4, -0.2) is 60.5 Å². The molecule has 0 fully saturated rings. The normalized spacial score (nSPS) is 16.0. The highest BCUT2D eigenvalue weighted by Gasteiger charge is 2.34. The molecule has 0 heterocycles. The number of Topliss-reactive ketones (excluding diaryl/α,β-unsaturated/α-hetero) is 1. The number of methoxy groups -OCH3 is 1. The number of rotatable bonds is 16. The van der Waals surface area contributed by atoms with Crippen LogP contribution in [0.25, 0.3) is 0 Å². The van der Waals surface area contributed by atoms with Gasteiger partial charge in [-0.1, -0.05) is 46.5 Å². The van der Waals surface area contributed by atoms with Crippen molar-refractivity contribution < 1.29 is 28.7 Å². The molecule has 9 nitrogen and oxygen atoms in total. The molecule has 0 bridgehead atoms. The lowest BCUT2D eigenvalue weighted by atomic mass is 9.95. The van der Waals surface area contributed by atoms with Crippen molar-refractivity contribution in [3.05, 3.63) is 0 Å². The molecule has 5 atom stereocenters. The number of esters is 1. The zero-order valence-electron chi connectivity index (χ0n) is 22.4. The van der Waals surface area contributed by atoms with Crippen LogP contribution in [0.4, 0.5) is 0 Å².